The zero-order valence-electron chi connectivity index (χ0n) is 9.85. The van der Waals surface area contributed by atoms with Gasteiger partial charge in [0.2, 0.25) is 10.0 Å². The minimum atomic E-state index is -3.25. The molecular weight excluding hydrogens is 226 g/mol. The number of fused-ring (bicyclic) bond motifs is 1. The van der Waals surface area contributed by atoms with Crippen molar-refractivity contribution in [1.82, 2.24) is 4.31 Å². The van der Waals surface area contributed by atoms with E-state index in [-0.39, 0.29) is 11.7 Å². The highest BCUT2D eigenvalue weighted by molar-refractivity contribution is 7.88. The largest absolute Gasteiger partial charge is 0.298 e. The van der Waals surface area contributed by atoms with Gasteiger partial charge in [-0.1, -0.05) is 12.8 Å². The van der Waals surface area contributed by atoms with E-state index in [1.165, 1.54) is 17.5 Å². The number of nitrogens with zero attached hydrogens (tertiary/aromatic N) is 1. The highest BCUT2D eigenvalue weighted by Gasteiger charge is 2.45. The molecular formula is C11H19NO3S. The third-order valence-corrected chi connectivity index (χ3v) is 5.26. The van der Waals surface area contributed by atoms with Gasteiger partial charge < -0.3 is 0 Å². The molecule has 0 spiro atoms. The zero-order valence-corrected chi connectivity index (χ0v) is 10.7. The Balaban J connectivity index is 2.31. The monoisotopic (exact) mass is 245 g/mol. The molecule has 1 aliphatic carbocycles. The lowest BCUT2D eigenvalue weighted by atomic mass is 9.82. The summed E-state index contributed by atoms with van der Waals surface area (Å²) in [6.07, 6.45) is 5.42. The second-order valence-electron chi connectivity index (χ2n) is 5.07. The highest BCUT2D eigenvalue weighted by Crippen LogP contribution is 2.42. The average molecular weight is 245 g/mol. The molecule has 2 aliphatic rings. The molecule has 0 aromatic heterocycles. The van der Waals surface area contributed by atoms with Gasteiger partial charge in [0.15, 0.2) is 0 Å². The molecule has 5 heteroatoms. The molecule has 92 valence electrons. The summed E-state index contributed by atoms with van der Waals surface area (Å²) >= 11 is 0. The van der Waals surface area contributed by atoms with Crippen LogP contribution < -0.4 is 0 Å². The Kier molecular flexibility index (Phi) is 3.09. The van der Waals surface area contributed by atoms with Gasteiger partial charge in [-0.15, -0.1) is 0 Å². The number of piperidine rings is 1. The van der Waals surface area contributed by atoms with Gasteiger partial charge >= 0.3 is 0 Å². The van der Waals surface area contributed by atoms with Crippen LogP contribution in [0.3, 0.4) is 0 Å². The molecule has 0 aromatic carbocycles. The molecule has 2 fully saturated rings. The van der Waals surface area contributed by atoms with Crippen LogP contribution in [0.2, 0.25) is 0 Å². The first-order chi connectivity index (χ1) is 7.41. The van der Waals surface area contributed by atoms with Crippen LogP contribution in [0.25, 0.3) is 0 Å². The quantitative estimate of drug-likeness (QED) is 0.730. The number of hydrogen-bond acceptors (Lipinski definition) is 3. The number of carbonyl (C=O) groups excluding carboxylic acids is 1. The Morgan fingerprint density at radius 1 is 1.25 bits per heavy atom. The molecule has 3 atom stereocenters. The molecule has 1 saturated carbocycles. The molecule has 3 unspecified atom stereocenters. The van der Waals surface area contributed by atoms with Crippen molar-refractivity contribution in [1.29, 1.82) is 0 Å². The summed E-state index contributed by atoms with van der Waals surface area (Å²) < 4.78 is 24.7. The van der Waals surface area contributed by atoms with Crippen molar-refractivity contribution >= 4 is 15.8 Å². The Hall–Kier alpha value is -0.420. The molecule has 0 radical (unpaired) electrons. The number of ketones is 1. The van der Waals surface area contributed by atoms with E-state index in [1.54, 1.807) is 0 Å². The predicted octanol–water partition coefficient (Wildman–Crippen LogP) is 1.03. The van der Waals surface area contributed by atoms with Crippen LogP contribution in [-0.2, 0) is 14.8 Å². The van der Waals surface area contributed by atoms with Crippen molar-refractivity contribution in [2.45, 2.75) is 38.6 Å². The minimum Gasteiger partial charge on any atom is -0.298 e. The van der Waals surface area contributed by atoms with E-state index < -0.39 is 16.1 Å². The van der Waals surface area contributed by atoms with Gasteiger partial charge in [0.1, 0.15) is 5.78 Å². The number of hydrogen-bond donors (Lipinski definition) is 0. The maximum atomic E-state index is 11.7. The molecule has 4 nitrogen and oxygen atoms in total. The molecule has 0 bridgehead atoms. The normalized spacial score (nSPS) is 36.0. The fourth-order valence-electron chi connectivity index (χ4n) is 3.36. The SMILES string of the molecule is CC(=O)C1C2CCCC2CCN1S(C)(=O)=O. The number of sulfonamides is 1. The van der Waals surface area contributed by atoms with Crippen molar-refractivity contribution in [3.63, 3.8) is 0 Å². The lowest BCUT2D eigenvalue weighted by molar-refractivity contribution is -0.123. The van der Waals surface area contributed by atoms with E-state index in [9.17, 15) is 13.2 Å². The van der Waals surface area contributed by atoms with Crippen molar-refractivity contribution in [2.24, 2.45) is 11.8 Å². The molecule has 1 aliphatic heterocycles. The molecule has 0 N–H and O–H groups in total. The van der Waals surface area contributed by atoms with Gasteiger partial charge in [-0.05, 0) is 31.6 Å². The van der Waals surface area contributed by atoms with Gasteiger partial charge in [-0.25, -0.2) is 8.42 Å². The Bertz CT molecular complexity index is 390. The van der Waals surface area contributed by atoms with Crippen LogP contribution in [0.5, 0.6) is 0 Å². The van der Waals surface area contributed by atoms with Gasteiger partial charge in [0.25, 0.3) is 0 Å². The summed E-state index contributed by atoms with van der Waals surface area (Å²) in [6, 6.07) is -0.392. The molecule has 0 amide bonds. The number of carbonyl (C=O) groups is 1. The third kappa shape index (κ3) is 2.02. The standard InChI is InChI=1S/C11H19NO3S/c1-8(13)11-10-5-3-4-9(10)6-7-12(11)16(2,14)15/h9-11H,3-7H2,1-2H3. The molecule has 1 saturated heterocycles. The Labute approximate surface area is 97.1 Å². The first-order valence-electron chi connectivity index (χ1n) is 5.88. The lowest BCUT2D eigenvalue weighted by Crippen LogP contribution is -2.53. The molecule has 2 rings (SSSR count). The maximum absolute atomic E-state index is 11.7. The average Bonchev–Trinajstić information content (AvgIpc) is 2.61. The van der Waals surface area contributed by atoms with Crippen molar-refractivity contribution in [3.8, 4) is 0 Å². The Morgan fingerprint density at radius 2 is 1.94 bits per heavy atom. The number of rotatable bonds is 2. The second kappa shape index (κ2) is 4.11. The highest BCUT2D eigenvalue weighted by atomic mass is 32.2. The van der Waals surface area contributed by atoms with Crippen LogP contribution in [0.15, 0.2) is 0 Å². The van der Waals surface area contributed by atoms with E-state index in [4.69, 9.17) is 0 Å². The van der Waals surface area contributed by atoms with E-state index >= 15 is 0 Å². The minimum absolute atomic E-state index is 0.00188. The van der Waals surface area contributed by atoms with E-state index in [2.05, 4.69) is 0 Å². The Morgan fingerprint density at radius 3 is 2.50 bits per heavy atom. The van der Waals surface area contributed by atoms with Crippen molar-refractivity contribution < 1.29 is 13.2 Å². The van der Waals surface area contributed by atoms with Crippen molar-refractivity contribution in [3.05, 3.63) is 0 Å². The van der Waals surface area contributed by atoms with E-state index in [0.717, 1.165) is 25.7 Å². The first-order valence-corrected chi connectivity index (χ1v) is 7.73. The first kappa shape index (κ1) is 12.0. The van der Waals surface area contributed by atoms with Crippen LogP contribution in [0.4, 0.5) is 0 Å². The van der Waals surface area contributed by atoms with Crippen molar-refractivity contribution in [2.75, 3.05) is 12.8 Å². The van der Waals surface area contributed by atoms with Crippen LogP contribution >= 0.6 is 0 Å². The topological polar surface area (TPSA) is 54.5 Å². The zero-order chi connectivity index (χ0) is 11.9. The molecule has 16 heavy (non-hydrogen) atoms. The van der Waals surface area contributed by atoms with Gasteiger partial charge in [-0.2, -0.15) is 4.31 Å². The maximum Gasteiger partial charge on any atom is 0.211 e. The van der Waals surface area contributed by atoms with Gasteiger partial charge in [0, 0.05) is 6.54 Å². The lowest BCUT2D eigenvalue weighted by Gasteiger charge is -2.40. The number of Topliss-reactive ketones (excluding diaryl/α,β-unsaturated/α-hetero) is 1. The van der Waals surface area contributed by atoms with E-state index in [1.807, 2.05) is 0 Å². The summed E-state index contributed by atoms with van der Waals surface area (Å²) in [5, 5.41) is 0. The van der Waals surface area contributed by atoms with Crippen LogP contribution in [0, 0.1) is 11.8 Å². The second-order valence-corrected chi connectivity index (χ2v) is 7.01. The summed E-state index contributed by atoms with van der Waals surface area (Å²) in [6.45, 7) is 2.04. The fraction of sp³-hybridized carbons (Fsp3) is 0.909. The molecule has 0 aromatic rings. The van der Waals surface area contributed by atoms with Gasteiger partial charge in [0.05, 0.1) is 12.3 Å². The summed E-state index contributed by atoms with van der Waals surface area (Å²) in [7, 11) is -3.25. The van der Waals surface area contributed by atoms with Crippen LogP contribution in [-0.4, -0.2) is 37.3 Å². The fourth-order valence-corrected chi connectivity index (χ4v) is 4.52. The van der Waals surface area contributed by atoms with E-state index in [0.29, 0.717) is 12.5 Å². The van der Waals surface area contributed by atoms with Gasteiger partial charge in [-0.3, -0.25) is 4.79 Å². The van der Waals surface area contributed by atoms with Crippen LogP contribution in [0.1, 0.15) is 32.6 Å². The summed E-state index contributed by atoms with van der Waals surface area (Å²) in [5.74, 6) is 0.829. The predicted molar refractivity (Wildman–Crippen MR) is 61.5 cm³/mol. The smallest absolute Gasteiger partial charge is 0.211 e. The molecule has 1 heterocycles. The third-order valence-electron chi connectivity index (χ3n) is 4.00. The summed E-state index contributed by atoms with van der Waals surface area (Å²) in [5.41, 5.74) is 0. The summed E-state index contributed by atoms with van der Waals surface area (Å²) in [4.78, 5) is 11.7.